The van der Waals surface area contributed by atoms with Crippen molar-refractivity contribution in [3.05, 3.63) is 0 Å². The smallest absolute Gasteiger partial charge is 0.225 e. The number of amides is 1. The van der Waals surface area contributed by atoms with E-state index >= 15 is 0 Å². The van der Waals surface area contributed by atoms with Gasteiger partial charge in [0.05, 0.1) is 0 Å². The number of nitrogens with zero attached hydrogens (tertiary/aromatic N) is 1. The first-order valence-corrected chi connectivity index (χ1v) is 8.83. The number of likely N-dealkylation sites (tertiary alicyclic amines) is 1. The molecular formula is C18H34N2O. The zero-order valence-corrected chi connectivity index (χ0v) is 14.6. The van der Waals surface area contributed by atoms with Gasteiger partial charge in [-0.1, -0.05) is 34.6 Å². The molecule has 2 unspecified atom stereocenters. The quantitative estimate of drug-likeness (QED) is 0.865. The van der Waals surface area contributed by atoms with Crippen molar-refractivity contribution in [2.24, 2.45) is 17.3 Å². The number of nitrogens with one attached hydrogen (secondary N) is 1. The van der Waals surface area contributed by atoms with Gasteiger partial charge < -0.3 is 10.2 Å². The number of carbonyl (C=O) groups is 1. The fraction of sp³-hybridized carbons (Fsp3) is 0.944. The van der Waals surface area contributed by atoms with Gasteiger partial charge in [-0.25, -0.2) is 0 Å². The number of hydrogen-bond acceptors (Lipinski definition) is 2. The van der Waals surface area contributed by atoms with Gasteiger partial charge in [0.2, 0.25) is 5.91 Å². The Labute approximate surface area is 130 Å². The average molecular weight is 294 g/mol. The Bertz CT molecular complexity index is 356. The van der Waals surface area contributed by atoms with Crippen LogP contribution >= 0.6 is 0 Å². The fourth-order valence-electron chi connectivity index (χ4n) is 4.13. The summed E-state index contributed by atoms with van der Waals surface area (Å²) in [5.74, 6) is 1.22. The van der Waals surface area contributed by atoms with Crippen LogP contribution in [0, 0.1) is 17.3 Å². The molecule has 122 valence electrons. The summed E-state index contributed by atoms with van der Waals surface area (Å²) in [6.45, 7) is 13.1. The van der Waals surface area contributed by atoms with Crippen molar-refractivity contribution in [1.82, 2.24) is 10.2 Å². The summed E-state index contributed by atoms with van der Waals surface area (Å²) in [4.78, 5) is 14.1. The molecule has 1 amide bonds. The third-order valence-corrected chi connectivity index (χ3v) is 5.44. The summed E-state index contributed by atoms with van der Waals surface area (Å²) < 4.78 is 0. The molecule has 2 fully saturated rings. The molecular weight excluding hydrogens is 260 g/mol. The summed E-state index contributed by atoms with van der Waals surface area (Å²) in [6.07, 6.45) is 6.20. The van der Waals surface area contributed by atoms with E-state index in [9.17, 15) is 4.79 Å². The number of piperidine rings is 1. The van der Waals surface area contributed by atoms with Gasteiger partial charge in [0, 0.05) is 31.1 Å². The molecule has 0 aromatic rings. The normalized spacial score (nSPS) is 30.7. The van der Waals surface area contributed by atoms with E-state index in [4.69, 9.17) is 0 Å². The predicted octanol–water partition coefficient (Wildman–Crippen LogP) is 3.44. The van der Waals surface area contributed by atoms with Crippen molar-refractivity contribution in [2.45, 2.75) is 78.8 Å². The molecule has 1 heterocycles. The lowest BCUT2D eigenvalue weighted by Crippen LogP contribution is -2.51. The van der Waals surface area contributed by atoms with Gasteiger partial charge in [-0.05, 0) is 43.4 Å². The second-order valence-corrected chi connectivity index (χ2v) is 8.41. The molecule has 1 saturated heterocycles. The van der Waals surface area contributed by atoms with Crippen LogP contribution < -0.4 is 5.32 Å². The van der Waals surface area contributed by atoms with Crippen LogP contribution in [-0.2, 0) is 4.79 Å². The first-order chi connectivity index (χ1) is 9.78. The molecule has 2 aliphatic rings. The Morgan fingerprint density at radius 3 is 2.33 bits per heavy atom. The Kier molecular flexibility index (Phi) is 5.34. The standard InChI is InChI=1S/C18H34N2O/c1-13(2)17(21)20-10-7-15(8-11-20)19-16-6-9-18(4,5)12-14(16)3/h13-16,19H,6-12H2,1-5H3. The SMILES string of the molecule is CC(C)C(=O)N1CCC(NC2CCC(C)(C)CC2C)CC1. The van der Waals surface area contributed by atoms with Crippen LogP contribution in [0.15, 0.2) is 0 Å². The van der Waals surface area contributed by atoms with E-state index in [0.29, 0.717) is 23.4 Å². The molecule has 0 spiro atoms. The van der Waals surface area contributed by atoms with Crippen LogP contribution in [0.4, 0.5) is 0 Å². The molecule has 0 radical (unpaired) electrons. The minimum Gasteiger partial charge on any atom is -0.342 e. The van der Waals surface area contributed by atoms with Crippen molar-refractivity contribution < 1.29 is 4.79 Å². The van der Waals surface area contributed by atoms with Crippen molar-refractivity contribution in [1.29, 1.82) is 0 Å². The van der Waals surface area contributed by atoms with Gasteiger partial charge in [0.1, 0.15) is 0 Å². The van der Waals surface area contributed by atoms with Gasteiger partial charge in [-0.15, -0.1) is 0 Å². The maximum absolute atomic E-state index is 12.0. The molecule has 1 aliphatic heterocycles. The number of carbonyl (C=O) groups excluding carboxylic acids is 1. The third-order valence-electron chi connectivity index (χ3n) is 5.44. The molecule has 2 rings (SSSR count). The lowest BCUT2D eigenvalue weighted by atomic mass is 9.70. The van der Waals surface area contributed by atoms with Gasteiger partial charge in [-0.3, -0.25) is 4.79 Å². The van der Waals surface area contributed by atoms with Gasteiger partial charge in [-0.2, -0.15) is 0 Å². The Hall–Kier alpha value is -0.570. The predicted molar refractivity (Wildman–Crippen MR) is 88.2 cm³/mol. The van der Waals surface area contributed by atoms with Crippen molar-refractivity contribution in [3.63, 3.8) is 0 Å². The molecule has 0 bridgehead atoms. The van der Waals surface area contributed by atoms with Gasteiger partial charge in [0.15, 0.2) is 0 Å². The first-order valence-electron chi connectivity index (χ1n) is 8.83. The Balaban J connectivity index is 1.78. The molecule has 2 atom stereocenters. The molecule has 21 heavy (non-hydrogen) atoms. The van der Waals surface area contributed by atoms with Crippen LogP contribution in [0.3, 0.4) is 0 Å². The van der Waals surface area contributed by atoms with E-state index in [1.165, 1.54) is 19.3 Å². The van der Waals surface area contributed by atoms with Crippen LogP contribution in [0.2, 0.25) is 0 Å². The largest absolute Gasteiger partial charge is 0.342 e. The molecule has 0 aromatic heterocycles. The lowest BCUT2D eigenvalue weighted by molar-refractivity contribution is -0.135. The molecule has 3 nitrogen and oxygen atoms in total. The van der Waals surface area contributed by atoms with E-state index in [0.717, 1.165) is 31.8 Å². The zero-order chi connectivity index (χ0) is 15.6. The Morgan fingerprint density at radius 1 is 1.19 bits per heavy atom. The van der Waals surface area contributed by atoms with E-state index in [1.54, 1.807) is 0 Å². The number of rotatable bonds is 3. The molecule has 0 aromatic carbocycles. The second kappa shape index (κ2) is 6.68. The topological polar surface area (TPSA) is 32.3 Å². The van der Waals surface area contributed by atoms with E-state index in [-0.39, 0.29) is 5.92 Å². The van der Waals surface area contributed by atoms with E-state index in [1.807, 2.05) is 13.8 Å². The van der Waals surface area contributed by atoms with Crippen LogP contribution in [0.25, 0.3) is 0 Å². The summed E-state index contributed by atoms with van der Waals surface area (Å²) >= 11 is 0. The average Bonchev–Trinajstić information content (AvgIpc) is 2.41. The monoisotopic (exact) mass is 294 g/mol. The maximum Gasteiger partial charge on any atom is 0.225 e. The van der Waals surface area contributed by atoms with E-state index in [2.05, 4.69) is 31.0 Å². The summed E-state index contributed by atoms with van der Waals surface area (Å²) in [5.41, 5.74) is 0.518. The van der Waals surface area contributed by atoms with Crippen molar-refractivity contribution >= 4 is 5.91 Å². The zero-order valence-electron chi connectivity index (χ0n) is 14.6. The number of hydrogen-bond donors (Lipinski definition) is 1. The highest BCUT2D eigenvalue weighted by molar-refractivity contribution is 5.78. The molecule has 3 heteroatoms. The molecule has 1 aliphatic carbocycles. The Morgan fingerprint density at radius 2 is 1.81 bits per heavy atom. The second-order valence-electron chi connectivity index (χ2n) is 8.41. The molecule has 1 N–H and O–H groups in total. The van der Waals surface area contributed by atoms with Crippen molar-refractivity contribution in [3.8, 4) is 0 Å². The van der Waals surface area contributed by atoms with Crippen molar-refractivity contribution in [2.75, 3.05) is 13.1 Å². The first kappa shape index (κ1) is 16.8. The minimum absolute atomic E-state index is 0.134. The third kappa shape index (κ3) is 4.45. The highest BCUT2D eigenvalue weighted by Crippen LogP contribution is 2.38. The highest BCUT2D eigenvalue weighted by Gasteiger charge is 2.34. The highest BCUT2D eigenvalue weighted by atomic mass is 16.2. The summed E-state index contributed by atoms with van der Waals surface area (Å²) in [5, 5.41) is 3.90. The van der Waals surface area contributed by atoms with Gasteiger partial charge >= 0.3 is 0 Å². The summed E-state index contributed by atoms with van der Waals surface area (Å²) in [6, 6.07) is 1.28. The lowest BCUT2D eigenvalue weighted by Gasteiger charge is -2.42. The van der Waals surface area contributed by atoms with Crippen LogP contribution in [0.5, 0.6) is 0 Å². The van der Waals surface area contributed by atoms with E-state index < -0.39 is 0 Å². The summed E-state index contributed by atoms with van der Waals surface area (Å²) in [7, 11) is 0. The van der Waals surface area contributed by atoms with Crippen LogP contribution in [0.1, 0.15) is 66.7 Å². The maximum atomic E-state index is 12.0. The van der Waals surface area contributed by atoms with Gasteiger partial charge in [0.25, 0.3) is 0 Å². The van der Waals surface area contributed by atoms with Crippen LogP contribution in [-0.4, -0.2) is 36.0 Å². The fourth-order valence-corrected chi connectivity index (χ4v) is 4.13. The molecule has 1 saturated carbocycles. The minimum atomic E-state index is 0.134.